The van der Waals surface area contributed by atoms with Gasteiger partial charge in [0.25, 0.3) is 0 Å². The molecule has 3 aromatic rings. The van der Waals surface area contributed by atoms with Crippen molar-refractivity contribution in [3.05, 3.63) is 59.5 Å². The van der Waals surface area contributed by atoms with Crippen LogP contribution in [0.1, 0.15) is 25.0 Å². The van der Waals surface area contributed by atoms with Crippen molar-refractivity contribution in [3.8, 4) is 5.75 Å². The second-order valence-electron chi connectivity index (χ2n) is 7.09. The van der Waals surface area contributed by atoms with Crippen molar-refractivity contribution in [1.29, 1.82) is 0 Å². The lowest BCUT2D eigenvalue weighted by molar-refractivity contribution is -0.114. The standard InChI is InChI=1S/C23H28FN5O2/c1-4-25-23(26-10-9-17-14-27-20-7-6-18(24)12-19(17)20)28-13-16-5-8-22(31-3)21(11-16)29-15(2)30/h5-8,11-12,14,27H,4,9-10,13H2,1-3H3,(H,29,30)(H2,25,26,28). The number of nitrogens with zero attached hydrogens (tertiary/aromatic N) is 1. The summed E-state index contributed by atoms with van der Waals surface area (Å²) in [4.78, 5) is 19.2. The zero-order valence-corrected chi connectivity index (χ0v) is 18.0. The van der Waals surface area contributed by atoms with E-state index in [4.69, 9.17) is 4.74 Å². The monoisotopic (exact) mass is 425 g/mol. The van der Waals surface area contributed by atoms with Gasteiger partial charge >= 0.3 is 0 Å². The first kappa shape index (κ1) is 22.1. The lowest BCUT2D eigenvalue weighted by atomic mass is 10.1. The number of amides is 1. The quantitative estimate of drug-likeness (QED) is 0.328. The van der Waals surface area contributed by atoms with Gasteiger partial charge in [0.05, 0.1) is 19.3 Å². The first-order valence-corrected chi connectivity index (χ1v) is 10.2. The van der Waals surface area contributed by atoms with Crippen LogP contribution in [0.4, 0.5) is 10.1 Å². The molecule has 8 heteroatoms. The van der Waals surface area contributed by atoms with Crippen LogP contribution in [0.2, 0.25) is 0 Å². The highest BCUT2D eigenvalue weighted by Crippen LogP contribution is 2.25. The number of ether oxygens (including phenoxy) is 1. The smallest absolute Gasteiger partial charge is 0.221 e. The molecule has 31 heavy (non-hydrogen) atoms. The Morgan fingerprint density at radius 3 is 2.77 bits per heavy atom. The molecule has 0 saturated carbocycles. The Bertz CT molecular complexity index is 1080. The van der Waals surface area contributed by atoms with E-state index in [0.717, 1.165) is 35.0 Å². The molecule has 2 aromatic carbocycles. The molecule has 0 fully saturated rings. The summed E-state index contributed by atoms with van der Waals surface area (Å²) in [5, 5.41) is 10.2. The highest BCUT2D eigenvalue weighted by molar-refractivity contribution is 5.90. The largest absolute Gasteiger partial charge is 0.495 e. The van der Waals surface area contributed by atoms with Crippen LogP contribution in [-0.2, 0) is 17.8 Å². The van der Waals surface area contributed by atoms with Crippen LogP contribution >= 0.6 is 0 Å². The molecular weight excluding hydrogens is 397 g/mol. The number of aromatic amines is 1. The summed E-state index contributed by atoms with van der Waals surface area (Å²) in [6.45, 7) is 5.27. The third-order valence-electron chi connectivity index (χ3n) is 4.75. The molecule has 0 aliphatic carbocycles. The van der Waals surface area contributed by atoms with Gasteiger partial charge < -0.3 is 25.7 Å². The highest BCUT2D eigenvalue weighted by Gasteiger charge is 2.08. The van der Waals surface area contributed by atoms with Gasteiger partial charge in [-0.1, -0.05) is 6.07 Å². The van der Waals surface area contributed by atoms with Gasteiger partial charge in [-0.25, -0.2) is 9.38 Å². The van der Waals surface area contributed by atoms with Crippen molar-refractivity contribution >= 4 is 28.5 Å². The number of rotatable bonds is 8. The Kier molecular flexibility index (Phi) is 7.48. The maximum Gasteiger partial charge on any atom is 0.221 e. The minimum absolute atomic E-state index is 0.161. The summed E-state index contributed by atoms with van der Waals surface area (Å²) in [6.07, 6.45) is 2.64. The molecule has 1 amide bonds. The summed E-state index contributed by atoms with van der Waals surface area (Å²) in [5.41, 5.74) is 3.53. The molecule has 0 bridgehead atoms. The van der Waals surface area contributed by atoms with Gasteiger partial charge in [-0.15, -0.1) is 0 Å². The minimum Gasteiger partial charge on any atom is -0.495 e. The Labute approximate surface area is 181 Å². The summed E-state index contributed by atoms with van der Waals surface area (Å²) in [7, 11) is 1.56. The van der Waals surface area contributed by atoms with Gasteiger partial charge in [0.1, 0.15) is 11.6 Å². The normalized spacial score (nSPS) is 11.4. The van der Waals surface area contributed by atoms with Crippen LogP contribution in [0, 0.1) is 5.82 Å². The molecule has 3 rings (SSSR count). The summed E-state index contributed by atoms with van der Waals surface area (Å²) in [5.74, 6) is 0.883. The number of fused-ring (bicyclic) bond motifs is 1. The number of methoxy groups -OCH3 is 1. The van der Waals surface area contributed by atoms with E-state index in [9.17, 15) is 9.18 Å². The number of hydrogen-bond donors (Lipinski definition) is 4. The number of halogens is 1. The molecule has 0 aliphatic rings. The van der Waals surface area contributed by atoms with Crippen LogP contribution in [0.3, 0.4) is 0 Å². The van der Waals surface area contributed by atoms with Gasteiger partial charge in [0, 0.05) is 37.1 Å². The molecular formula is C23H28FN5O2. The molecule has 7 nitrogen and oxygen atoms in total. The Balaban J connectivity index is 1.64. The van der Waals surface area contributed by atoms with E-state index in [-0.39, 0.29) is 11.7 Å². The van der Waals surface area contributed by atoms with E-state index in [0.29, 0.717) is 30.5 Å². The second-order valence-corrected chi connectivity index (χ2v) is 7.09. The number of carbonyl (C=O) groups excluding carboxylic acids is 1. The topological polar surface area (TPSA) is 90.5 Å². The van der Waals surface area contributed by atoms with E-state index >= 15 is 0 Å². The van der Waals surface area contributed by atoms with Crippen molar-refractivity contribution in [2.24, 2.45) is 4.99 Å². The fourth-order valence-electron chi connectivity index (χ4n) is 3.33. The number of carbonyl (C=O) groups is 1. The summed E-state index contributed by atoms with van der Waals surface area (Å²) < 4.78 is 18.9. The summed E-state index contributed by atoms with van der Waals surface area (Å²) in [6, 6.07) is 10.3. The Morgan fingerprint density at radius 1 is 1.19 bits per heavy atom. The number of aliphatic imine (C=N–C) groups is 1. The third kappa shape index (κ3) is 5.97. The van der Waals surface area contributed by atoms with Crippen molar-refractivity contribution in [3.63, 3.8) is 0 Å². The predicted octanol–water partition coefficient (Wildman–Crippen LogP) is 3.57. The van der Waals surface area contributed by atoms with E-state index < -0.39 is 0 Å². The van der Waals surface area contributed by atoms with Crippen LogP contribution in [-0.4, -0.2) is 37.1 Å². The summed E-state index contributed by atoms with van der Waals surface area (Å²) >= 11 is 0. The lowest BCUT2D eigenvalue weighted by Gasteiger charge is -2.12. The van der Waals surface area contributed by atoms with Crippen LogP contribution in [0.15, 0.2) is 47.6 Å². The van der Waals surface area contributed by atoms with E-state index in [1.165, 1.54) is 13.0 Å². The maximum atomic E-state index is 13.6. The SMILES string of the molecule is CCNC(=NCc1ccc(OC)c(NC(C)=O)c1)NCCc1c[nH]c2ccc(F)cc12. The fourth-order valence-corrected chi connectivity index (χ4v) is 3.33. The van der Waals surface area contributed by atoms with Crippen LogP contribution in [0.5, 0.6) is 5.75 Å². The van der Waals surface area contributed by atoms with Crippen molar-refractivity contribution in [2.75, 3.05) is 25.5 Å². The molecule has 0 unspecified atom stereocenters. The maximum absolute atomic E-state index is 13.6. The number of aromatic nitrogens is 1. The molecule has 1 aromatic heterocycles. The van der Waals surface area contributed by atoms with Gasteiger partial charge in [-0.05, 0) is 54.8 Å². The van der Waals surface area contributed by atoms with Gasteiger partial charge in [0.15, 0.2) is 5.96 Å². The molecule has 0 saturated heterocycles. The van der Waals surface area contributed by atoms with Crippen molar-refractivity contribution in [2.45, 2.75) is 26.8 Å². The first-order chi connectivity index (χ1) is 15.0. The molecule has 0 spiro atoms. The Morgan fingerprint density at radius 2 is 2.03 bits per heavy atom. The number of hydrogen-bond acceptors (Lipinski definition) is 3. The number of H-pyrrole nitrogens is 1. The predicted molar refractivity (Wildman–Crippen MR) is 122 cm³/mol. The van der Waals surface area contributed by atoms with Crippen molar-refractivity contribution < 1.29 is 13.9 Å². The van der Waals surface area contributed by atoms with E-state index in [1.54, 1.807) is 19.2 Å². The average Bonchev–Trinajstić information content (AvgIpc) is 3.14. The number of anilines is 1. The van der Waals surface area contributed by atoms with Crippen LogP contribution in [0.25, 0.3) is 10.9 Å². The Hall–Kier alpha value is -3.55. The molecule has 0 atom stereocenters. The van der Waals surface area contributed by atoms with Crippen LogP contribution < -0.4 is 20.7 Å². The van der Waals surface area contributed by atoms with Gasteiger partial charge in [-0.2, -0.15) is 0 Å². The molecule has 1 heterocycles. The number of nitrogens with one attached hydrogen (secondary N) is 4. The average molecular weight is 426 g/mol. The molecule has 164 valence electrons. The lowest BCUT2D eigenvalue weighted by Crippen LogP contribution is -2.38. The van der Waals surface area contributed by atoms with Gasteiger partial charge in [0.2, 0.25) is 5.91 Å². The zero-order valence-electron chi connectivity index (χ0n) is 18.0. The molecule has 0 aliphatic heterocycles. The number of guanidine groups is 1. The zero-order chi connectivity index (χ0) is 22.2. The van der Waals surface area contributed by atoms with E-state index in [2.05, 4.69) is 25.9 Å². The van der Waals surface area contributed by atoms with Gasteiger partial charge in [-0.3, -0.25) is 4.79 Å². The van der Waals surface area contributed by atoms with Crippen molar-refractivity contribution in [1.82, 2.24) is 15.6 Å². The third-order valence-corrected chi connectivity index (χ3v) is 4.75. The molecule has 4 N–H and O–H groups in total. The minimum atomic E-state index is -0.241. The van der Waals surface area contributed by atoms with E-state index in [1.807, 2.05) is 31.3 Å². The first-order valence-electron chi connectivity index (χ1n) is 10.2. The fraction of sp³-hybridized carbons (Fsp3) is 0.304. The molecule has 0 radical (unpaired) electrons. The highest BCUT2D eigenvalue weighted by atomic mass is 19.1. The number of benzene rings is 2. The second kappa shape index (κ2) is 10.5.